The highest BCUT2D eigenvalue weighted by molar-refractivity contribution is 7.16. The molecular formula is C63H82N16O6S2. The van der Waals surface area contributed by atoms with Gasteiger partial charge in [0.05, 0.1) is 28.6 Å². The van der Waals surface area contributed by atoms with Gasteiger partial charge in [-0.2, -0.15) is 20.5 Å². The topological polar surface area (TPSA) is 276 Å². The number of fused-ring (bicyclic) bond motifs is 2. The Kier molecular flexibility index (Phi) is 18.3. The van der Waals surface area contributed by atoms with Crippen LogP contribution in [0, 0.1) is 22.7 Å². The number of hydrogen-bond acceptors (Lipinski definition) is 23. The second-order valence-electron chi connectivity index (χ2n) is 24.8. The Hall–Kier alpha value is -7.19. The lowest BCUT2D eigenvalue weighted by atomic mass is 9.71. The third-order valence-corrected chi connectivity index (χ3v) is 21.0. The van der Waals surface area contributed by atoms with Crippen LogP contribution in [0.3, 0.4) is 0 Å². The van der Waals surface area contributed by atoms with Crippen molar-refractivity contribution in [3.05, 3.63) is 79.9 Å². The number of hydrogen-bond donors (Lipinski definition) is 3. The zero-order valence-corrected chi connectivity index (χ0v) is 53.2. The molecule has 0 saturated carbocycles. The van der Waals surface area contributed by atoms with Crippen molar-refractivity contribution in [1.82, 2.24) is 50.3 Å². The molecule has 5 N–H and O–H groups in total. The SMILES string of the molecule is COC/C=C/C(=O)N1CCN(c2cc(O[C@@H](C)[C@@H]3CCCN3C)nc(-c3cc([C@@]4(C)CCCc5sc(N)c(C#N)c54)on3)n2)[C@H](C)C1.C[C@H](Oc1cc(N2CCNC[C@H]2C)nc(-c2cc([C@@]3(C)CCCc4sc(N)c(C#N)c43)on2)n1)[C@@H]1CCCN1C. The van der Waals surface area contributed by atoms with Crippen LogP contribution in [0.25, 0.3) is 23.0 Å². The van der Waals surface area contributed by atoms with Crippen molar-refractivity contribution in [2.75, 3.05) is 101 Å². The highest BCUT2D eigenvalue weighted by Gasteiger charge is 2.44. The molecule has 6 aliphatic rings. The predicted molar refractivity (Wildman–Crippen MR) is 336 cm³/mol. The fourth-order valence-electron chi connectivity index (χ4n) is 14.1. The second-order valence-corrected chi connectivity index (χ2v) is 27.0. The summed E-state index contributed by atoms with van der Waals surface area (Å²) in [5, 5.41) is 33.3. The number of carbonyl (C=O) groups is 1. The number of aryl methyl sites for hydroxylation is 2. The van der Waals surface area contributed by atoms with Crippen LogP contribution in [-0.4, -0.2) is 167 Å². The Morgan fingerprint density at radius 2 is 1.25 bits per heavy atom. The summed E-state index contributed by atoms with van der Waals surface area (Å²) < 4.78 is 30.1. The van der Waals surface area contributed by atoms with Gasteiger partial charge in [0.15, 0.2) is 23.0 Å². The van der Waals surface area contributed by atoms with Gasteiger partial charge in [0, 0.05) is 111 Å². The molecule has 2 aliphatic carbocycles. The van der Waals surface area contributed by atoms with Crippen molar-refractivity contribution in [2.24, 2.45) is 0 Å². The lowest BCUT2D eigenvalue weighted by Crippen LogP contribution is -2.53. The maximum Gasteiger partial charge on any atom is 0.246 e. The van der Waals surface area contributed by atoms with Gasteiger partial charge in [-0.25, -0.2) is 9.97 Å². The normalized spacial score (nSPS) is 24.9. The Morgan fingerprint density at radius 1 is 0.747 bits per heavy atom. The van der Waals surface area contributed by atoms with Gasteiger partial charge < -0.3 is 54.7 Å². The third kappa shape index (κ3) is 12.4. The molecule has 4 saturated heterocycles. The molecule has 1 amide bonds. The van der Waals surface area contributed by atoms with E-state index in [9.17, 15) is 15.3 Å². The van der Waals surface area contributed by atoms with E-state index in [4.69, 9.17) is 54.7 Å². The van der Waals surface area contributed by atoms with E-state index in [-0.39, 0.29) is 30.2 Å². The van der Waals surface area contributed by atoms with Gasteiger partial charge in [0.2, 0.25) is 17.7 Å². The largest absolute Gasteiger partial charge is 0.473 e. The number of methoxy groups -OCH3 is 1. The minimum absolute atomic E-state index is 0.00147. The molecule has 0 spiro atoms. The molecule has 4 fully saturated rings. The molecule has 0 radical (unpaired) electrons. The second kappa shape index (κ2) is 25.9. The van der Waals surface area contributed by atoms with Crippen LogP contribution in [0.4, 0.5) is 21.6 Å². The molecule has 22 nitrogen and oxygen atoms in total. The average molecular weight is 1220 g/mol. The number of piperazine rings is 2. The van der Waals surface area contributed by atoms with E-state index < -0.39 is 10.8 Å². The quantitative estimate of drug-likeness (QED) is 0.0815. The van der Waals surface area contributed by atoms with E-state index in [0.29, 0.717) is 112 Å². The molecule has 0 bridgehead atoms. The van der Waals surface area contributed by atoms with Crippen molar-refractivity contribution in [3.63, 3.8) is 0 Å². The smallest absolute Gasteiger partial charge is 0.246 e. The first-order chi connectivity index (χ1) is 41.9. The molecule has 4 aliphatic heterocycles. The van der Waals surface area contributed by atoms with E-state index >= 15 is 0 Å². The summed E-state index contributed by atoms with van der Waals surface area (Å²) in [6, 6.07) is 13.3. The lowest BCUT2D eigenvalue weighted by Gasteiger charge is -2.40. The molecule has 6 aromatic heterocycles. The van der Waals surface area contributed by atoms with Crippen LogP contribution in [0.1, 0.15) is 136 Å². The van der Waals surface area contributed by atoms with E-state index in [2.05, 4.69) is 103 Å². The maximum absolute atomic E-state index is 12.8. The molecule has 87 heavy (non-hydrogen) atoms. The standard InChI is InChI=1S/C34H44N8O4S.C29H38N8O2S/c1-21-20-41(30(43)11-8-16-44-5)14-15-42(21)28-18-29(45-22(2)25-9-7-13-40(25)4)38-33(37-28)24-17-27(46-39-24)34(3)12-6-10-26-31(34)23(19-35)32(36)47-26;1-17-16-32-10-12-37(17)24-14-25(38-18(2)21-7-6-11-36(21)4)34-28(33-24)20-13-23(39-35-20)29(3)9-5-8-22-26(29)19(15-30)27(31)40-22/h8,11,17-18,21-22,25H,6-7,9-10,12-16,20,36H2,1-5H3;13-14,17-18,21,32H,5-12,16,31H2,1-4H3/b11-8+;/t21-,22+,25+,34-;17-,18+,21+,29-/m11/s1. The van der Waals surface area contributed by atoms with E-state index in [0.717, 1.165) is 117 Å². The molecular weight excluding hydrogens is 1140 g/mol. The zero-order chi connectivity index (χ0) is 61.3. The number of nitrogen functional groups attached to an aromatic ring is 2. The molecule has 24 heteroatoms. The van der Waals surface area contributed by atoms with Crippen molar-refractivity contribution < 1.29 is 28.1 Å². The van der Waals surface area contributed by atoms with Gasteiger partial charge in [0.1, 0.15) is 57.5 Å². The van der Waals surface area contributed by atoms with Crippen LogP contribution >= 0.6 is 22.7 Å². The zero-order valence-electron chi connectivity index (χ0n) is 51.6. The summed E-state index contributed by atoms with van der Waals surface area (Å²) in [5.41, 5.74) is 15.5. The number of carbonyl (C=O) groups excluding carboxylic acids is 1. The highest BCUT2D eigenvalue weighted by Crippen LogP contribution is 2.51. The number of nitrogens with one attached hydrogen (secondary N) is 1. The number of nitriles is 2. The number of ether oxygens (including phenoxy) is 3. The molecule has 0 unspecified atom stereocenters. The predicted octanol–water partition coefficient (Wildman–Crippen LogP) is 8.34. The fraction of sp³-hybridized carbons (Fsp3) is 0.571. The van der Waals surface area contributed by atoms with Gasteiger partial charge in [0.25, 0.3) is 0 Å². The third-order valence-electron chi connectivity index (χ3n) is 18.9. The first-order valence-electron chi connectivity index (χ1n) is 30.7. The van der Waals surface area contributed by atoms with Crippen LogP contribution < -0.4 is 36.1 Å². The summed E-state index contributed by atoms with van der Waals surface area (Å²) in [6.07, 6.45) is 13.1. The number of anilines is 4. The number of likely N-dealkylation sites (N-methyl/N-ethyl adjacent to an activating group) is 2. The van der Waals surface area contributed by atoms with Crippen LogP contribution in [0.2, 0.25) is 0 Å². The minimum atomic E-state index is -0.550. The van der Waals surface area contributed by atoms with E-state index in [1.165, 1.54) is 29.1 Å². The molecule has 0 aromatic carbocycles. The first-order valence-corrected chi connectivity index (χ1v) is 32.3. The maximum atomic E-state index is 12.8. The summed E-state index contributed by atoms with van der Waals surface area (Å²) in [7, 11) is 5.89. The Morgan fingerprint density at radius 3 is 1.70 bits per heavy atom. The van der Waals surface area contributed by atoms with E-state index in [1.54, 1.807) is 19.3 Å². The molecule has 462 valence electrons. The number of rotatable bonds is 15. The molecule has 12 rings (SSSR count). The van der Waals surface area contributed by atoms with Crippen LogP contribution in [0.5, 0.6) is 11.8 Å². The molecule has 10 heterocycles. The van der Waals surface area contributed by atoms with Gasteiger partial charge in [-0.3, -0.25) is 14.6 Å². The number of aromatic nitrogens is 6. The average Bonchev–Trinajstić information content (AvgIpc) is 1.93. The minimum Gasteiger partial charge on any atom is -0.473 e. The van der Waals surface area contributed by atoms with Crippen molar-refractivity contribution in [2.45, 2.75) is 153 Å². The highest BCUT2D eigenvalue weighted by atomic mass is 32.1. The summed E-state index contributed by atoms with van der Waals surface area (Å²) >= 11 is 3.01. The van der Waals surface area contributed by atoms with Crippen LogP contribution in [-0.2, 0) is 33.2 Å². The first kappa shape index (κ1) is 61.5. The van der Waals surface area contributed by atoms with Crippen molar-refractivity contribution in [3.8, 4) is 46.9 Å². The van der Waals surface area contributed by atoms with Crippen molar-refractivity contribution >= 4 is 50.2 Å². The summed E-state index contributed by atoms with van der Waals surface area (Å²) in [4.78, 5) is 45.7. The fourth-order valence-corrected chi connectivity index (χ4v) is 16.4. The van der Waals surface area contributed by atoms with Gasteiger partial charge in [-0.1, -0.05) is 16.4 Å². The van der Waals surface area contributed by atoms with E-state index in [1.807, 2.05) is 29.2 Å². The lowest BCUT2D eigenvalue weighted by molar-refractivity contribution is -0.126. The van der Waals surface area contributed by atoms with Gasteiger partial charge in [-0.15, -0.1) is 22.7 Å². The molecule has 6 aromatic rings. The summed E-state index contributed by atoms with van der Waals surface area (Å²) in [5.74, 6) is 4.76. The number of nitrogens with zero attached hydrogens (tertiary/aromatic N) is 13. The Balaban J connectivity index is 0.000000182. The summed E-state index contributed by atoms with van der Waals surface area (Å²) in [6.45, 7) is 19.6. The van der Waals surface area contributed by atoms with Crippen LogP contribution in [0.15, 0.2) is 45.5 Å². The molecule has 8 atom stereocenters. The number of nitrogens with two attached hydrogens (primary N) is 2. The van der Waals surface area contributed by atoms with Gasteiger partial charge in [-0.05, 0) is 144 Å². The number of amides is 1. The number of likely N-dealkylation sites (tertiary alicyclic amines) is 2. The Bertz CT molecular complexity index is 3570. The monoisotopic (exact) mass is 1220 g/mol. The Labute approximate surface area is 517 Å². The number of thiophene rings is 2. The van der Waals surface area contributed by atoms with Gasteiger partial charge >= 0.3 is 0 Å². The van der Waals surface area contributed by atoms with Crippen molar-refractivity contribution in [1.29, 1.82) is 10.5 Å².